The number of halogens is 1. The van der Waals surface area contributed by atoms with Crippen molar-refractivity contribution in [2.45, 2.75) is 4.90 Å². The van der Waals surface area contributed by atoms with Crippen molar-refractivity contribution in [3.63, 3.8) is 0 Å². The van der Waals surface area contributed by atoms with E-state index in [2.05, 4.69) is 5.32 Å². The number of carbonyl (C=O) groups excluding carboxylic acids is 1. The van der Waals surface area contributed by atoms with E-state index in [4.69, 9.17) is 10.5 Å². The van der Waals surface area contributed by atoms with E-state index in [0.717, 1.165) is 10.6 Å². The van der Waals surface area contributed by atoms with Crippen LogP contribution in [0.4, 0.5) is 15.8 Å². The minimum Gasteiger partial charge on any atom is -0.497 e. The van der Waals surface area contributed by atoms with Crippen LogP contribution in [0.2, 0.25) is 0 Å². The summed E-state index contributed by atoms with van der Waals surface area (Å²) in [6.07, 6.45) is 0. The Balaban J connectivity index is 1.91. The summed E-state index contributed by atoms with van der Waals surface area (Å²) in [6.45, 7) is 0. The smallest absolute Gasteiger partial charge is 0.234 e. The molecule has 0 aromatic heterocycles. The topological polar surface area (TPSA) is 64.3 Å². The molecule has 0 atom stereocenters. The Kier molecular flexibility index (Phi) is 5.05. The molecule has 4 nitrogen and oxygen atoms in total. The zero-order valence-corrected chi connectivity index (χ0v) is 12.2. The van der Waals surface area contributed by atoms with E-state index >= 15 is 0 Å². The molecular formula is C15H15FN2O2S. The van der Waals surface area contributed by atoms with Crippen molar-refractivity contribution in [3.8, 4) is 5.75 Å². The van der Waals surface area contributed by atoms with E-state index in [9.17, 15) is 9.18 Å². The highest BCUT2D eigenvalue weighted by molar-refractivity contribution is 8.00. The summed E-state index contributed by atoms with van der Waals surface area (Å²) >= 11 is 1.36. The Morgan fingerprint density at radius 1 is 1.29 bits per heavy atom. The third-order valence-electron chi connectivity index (χ3n) is 2.69. The first-order chi connectivity index (χ1) is 10.1. The summed E-state index contributed by atoms with van der Waals surface area (Å²) in [5, 5.41) is 2.50. The minimum absolute atomic E-state index is 0.0929. The normalized spacial score (nSPS) is 10.2. The highest BCUT2D eigenvalue weighted by Gasteiger charge is 2.08. The summed E-state index contributed by atoms with van der Waals surface area (Å²) in [6, 6.07) is 11.4. The molecule has 0 fully saturated rings. The fraction of sp³-hybridized carbons (Fsp3) is 0.133. The summed E-state index contributed by atoms with van der Waals surface area (Å²) in [4.78, 5) is 12.7. The van der Waals surface area contributed by atoms with Gasteiger partial charge >= 0.3 is 0 Å². The Bertz CT molecular complexity index is 632. The number of nitrogens with two attached hydrogens (primary N) is 1. The molecule has 3 N–H and O–H groups in total. The molecule has 0 heterocycles. The lowest BCUT2D eigenvalue weighted by Crippen LogP contribution is -2.15. The monoisotopic (exact) mass is 306 g/mol. The van der Waals surface area contributed by atoms with Gasteiger partial charge in [0.1, 0.15) is 11.6 Å². The number of carbonyl (C=O) groups is 1. The van der Waals surface area contributed by atoms with Crippen LogP contribution in [-0.2, 0) is 4.79 Å². The number of nitrogens with one attached hydrogen (secondary N) is 1. The SMILES string of the molecule is COc1ccc(SCC(=O)Nc2cc(N)ccc2F)cc1. The van der Waals surface area contributed by atoms with Gasteiger partial charge in [-0.15, -0.1) is 11.8 Å². The predicted octanol–water partition coefficient (Wildman–Crippen LogP) is 3.15. The number of rotatable bonds is 5. The molecule has 0 radical (unpaired) electrons. The maximum absolute atomic E-state index is 13.5. The first-order valence-corrected chi connectivity index (χ1v) is 7.19. The second kappa shape index (κ2) is 6.99. The molecule has 1 amide bonds. The summed E-state index contributed by atoms with van der Waals surface area (Å²) in [7, 11) is 1.59. The largest absolute Gasteiger partial charge is 0.497 e. The molecule has 0 unspecified atom stereocenters. The highest BCUT2D eigenvalue weighted by Crippen LogP contribution is 2.22. The third-order valence-corrected chi connectivity index (χ3v) is 3.71. The van der Waals surface area contributed by atoms with E-state index in [1.807, 2.05) is 24.3 Å². The van der Waals surface area contributed by atoms with E-state index in [1.165, 1.54) is 30.0 Å². The molecular weight excluding hydrogens is 291 g/mol. The van der Waals surface area contributed by atoms with Crippen LogP contribution < -0.4 is 15.8 Å². The van der Waals surface area contributed by atoms with Gasteiger partial charge in [-0.3, -0.25) is 4.79 Å². The number of thioether (sulfide) groups is 1. The molecule has 2 rings (SSSR count). The molecule has 0 saturated carbocycles. The number of methoxy groups -OCH3 is 1. The first-order valence-electron chi connectivity index (χ1n) is 6.20. The van der Waals surface area contributed by atoms with Crippen LogP contribution in [0.5, 0.6) is 5.75 Å². The fourth-order valence-electron chi connectivity index (χ4n) is 1.65. The van der Waals surface area contributed by atoms with Crippen LogP contribution in [0.25, 0.3) is 0 Å². The molecule has 0 aliphatic rings. The highest BCUT2D eigenvalue weighted by atomic mass is 32.2. The summed E-state index contributed by atoms with van der Waals surface area (Å²) in [5.74, 6) is 0.138. The maximum Gasteiger partial charge on any atom is 0.234 e. The van der Waals surface area contributed by atoms with E-state index < -0.39 is 5.82 Å². The van der Waals surface area contributed by atoms with Crippen molar-refractivity contribution < 1.29 is 13.9 Å². The number of amides is 1. The van der Waals surface area contributed by atoms with Crippen LogP contribution >= 0.6 is 11.8 Å². The average Bonchev–Trinajstić information content (AvgIpc) is 2.49. The fourth-order valence-corrected chi connectivity index (χ4v) is 2.34. The lowest BCUT2D eigenvalue weighted by Gasteiger charge is -2.07. The number of ether oxygens (including phenoxy) is 1. The van der Waals surface area contributed by atoms with E-state index in [-0.39, 0.29) is 17.3 Å². The minimum atomic E-state index is -0.507. The van der Waals surface area contributed by atoms with E-state index in [0.29, 0.717) is 5.69 Å². The molecule has 0 bridgehead atoms. The predicted molar refractivity (Wildman–Crippen MR) is 83.2 cm³/mol. The number of hydrogen-bond acceptors (Lipinski definition) is 4. The average molecular weight is 306 g/mol. The zero-order chi connectivity index (χ0) is 15.2. The van der Waals surface area contributed by atoms with Crippen LogP contribution in [0, 0.1) is 5.82 Å². The standard InChI is InChI=1S/C15H15FN2O2S/c1-20-11-3-5-12(6-4-11)21-9-15(19)18-14-8-10(17)2-7-13(14)16/h2-8H,9,17H2,1H3,(H,18,19). The van der Waals surface area contributed by atoms with Crippen molar-refractivity contribution in [2.75, 3.05) is 23.9 Å². The Morgan fingerprint density at radius 2 is 2.00 bits per heavy atom. The number of nitrogen functional groups attached to an aromatic ring is 1. The summed E-state index contributed by atoms with van der Waals surface area (Å²) < 4.78 is 18.5. The van der Waals surface area contributed by atoms with Gasteiger partial charge in [-0.1, -0.05) is 0 Å². The lowest BCUT2D eigenvalue weighted by atomic mass is 10.2. The number of benzene rings is 2. The van der Waals surface area contributed by atoms with Gasteiger partial charge in [0.25, 0.3) is 0 Å². The second-order valence-electron chi connectivity index (χ2n) is 4.25. The van der Waals surface area contributed by atoms with Crippen molar-refractivity contribution >= 4 is 29.0 Å². The number of anilines is 2. The van der Waals surface area contributed by atoms with Crippen molar-refractivity contribution in [1.29, 1.82) is 0 Å². The van der Waals surface area contributed by atoms with Gasteiger partial charge in [-0.05, 0) is 42.5 Å². The van der Waals surface area contributed by atoms with Gasteiger partial charge in [-0.2, -0.15) is 0 Å². The van der Waals surface area contributed by atoms with Gasteiger partial charge in [0.2, 0.25) is 5.91 Å². The Labute approximate surface area is 126 Å². The third kappa shape index (κ3) is 4.39. The molecule has 21 heavy (non-hydrogen) atoms. The lowest BCUT2D eigenvalue weighted by molar-refractivity contribution is -0.113. The Hall–Kier alpha value is -2.21. The molecule has 110 valence electrons. The number of hydrogen-bond donors (Lipinski definition) is 2. The molecule has 0 aliphatic heterocycles. The molecule has 0 spiro atoms. The van der Waals surface area contributed by atoms with Crippen molar-refractivity contribution in [2.24, 2.45) is 0 Å². The Morgan fingerprint density at radius 3 is 2.67 bits per heavy atom. The van der Waals surface area contributed by atoms with Gasteiger partial charge in [0, 0.05) is 10.6 Å². The molecule has 2 aromatic rings. The second-order valence-corrected chi connectivity index (χ2v) is 5.30. The molecule has 6 heteroatoms. The molecule has 2 aromatic carbocycles. The van der Waals surface area contributed by atoms with Crippen LogP contribution in [0.3, 0.4) is 0 Å². The van der Waals surface area contributed by atoms with Crippen LogP contribution in [-0.4, -0.2) is 18.8 Å². The van der Waals surface area contributed by atoms with E-state index in [1.54, 1.807) is 7.11 Å². The van der Waals surface area contributed by atoms with Gasteiger partial charge in [0.05, 0.1) is 18.6 Å². The van der Waals surface area contributed by atoms with Crippen LogP contribution in [0.1, 0.15) is 0 Å². The van der Waals surface area contributed by atoms with Crippen molar-refractivity contribution in [1.82, 2.24) is 0 Å². The zero-order valence-electron chi connectivity index (χ0n) is 11.4. The molecule has 0 saturated heterocycles. The maximum atomic E-state index is 13.5. The molecule has 0 aliphatic carbocycles. The van der Waals surface area contributed by atoms with Crippen molar-refractivity contribution in [3.05, 3.63) is 48.3 Å². The summed E-state index contributed by atoms with van der Waals surface area (Å²) in [5.41, 5.74) is 6.05. The quantitative estimate of drug-likeness (QED) is 0.658. The van der Waals surface area contributed by atoms with Gasteiger partial charge in [-0.25, -0.2) is 4.39 Å². The van der Waals surface area contributed by atoms with Gasteiger partial charge < -0.3 is 15.8 Å². The van der Waals surface area contributed by atoms with Gasteiger partial charge in [0.15, 0.2) is 0 Å². The first kappa shape index (κ1) is 15.2. The van der Waals surface area contributed by atoms with Crippen LogP contribution in [0.15, 0.2) is 47.4 Å².